The summed E-state index contributed by atoms with van der Waals surface area (Å²) in [6.45, 7) is 2.96. The van der Waals surface area contributed by atoms with E-state index in [2.05, 4.69) is 20.0 Å². The number of hydrogen-bond acceptors (Lipinski definition) is 9. The van der Waals surface area contributed by atoms with Crippen molar-refractivity contribution < 1.29 is 22.7 Å². The van der Waals surface area contributed by atoms with Crippen molar-refractivity contribution in [1.82, 2.24) is 19.9 Å². The van der Waals surface area contributed by atoms with Gasteiger partial charge < -0.3 is 25.1 Å². The Kier molecular flexibility index (Phi) is 6.60. The Morgan fingerprint density at radius 2 is 1.94 bits per heavy atom. The van der Waals surface area contributed by atoms with Crippen molar-refractivity contribution in [1.29, 1.82) is 0 Å². The lowest BCUT2D eigenvalue weighted by atomic mass is 10.2. The van der Waals surface area contributed by atoms with E-state index in [4.69, 9.17) is 15.2 Å². The zero-order chi connectivity index (χ0) is 25.2. The number of nitrogens with one attached hydrogen (secondary N) is 2. The van der Waals surface area contributed by atoms with Gasteiger partial charge in [0, 0.05) is 29.7 Å². The minimum absolute atomic E-state index is 0.133. The van der Waals surface area contributed by atoms with E-state index in [1.165, 1.54) is 22.9 Å². The number of pyridine rings is 1. The van der Waals surface area contributed by atoms with Crippen molar-refractivity contribution >= 4 is 27.6 Å². The molecule has 3 aromatic rings. The van der Waals surface area contributed by atoms with Crippen molar-refractivity contribution in [3.63, 3.8) is 0 Å². The van der Waals surface area contributed by atoms with Crippen molar-refractivity contribution in [3.8, 4) is 11.5 Å². The number of amides is 1. The first kappa shape index (κ1) is 24.0. The standard InChI is InChI=1S/C22H24N6O6S/c1-13-7-8-16(27-35(31,32)20-12-33-17-5-3-4-6-18(17)34-20)21(30)28(13)11-19(29)24-9-15-10-25-22(23)26-14(15)2/h3-8,10,20,27H,9,11-12H2,1-2H3,(H,24,29)(H2,23,25,26). The van der Waals surface area contributed by atoms with Gasteiger partial charge in [-0.15, -0.1) is 0 Å². The third-order valence-electron chi connectivity index (χ3n) is 5.35. The molecular formula is C22H24N6O6S. The first-order valence-electron chi connectivity index (χ1n) is 10.6. The maximum Gasteiger partial charge on any atom is 0.275 e. The van der Waals surface area contributed by atoms with Crippen LogP contribution in [0.25, 0.3) is 0 Å². The van der Waals surface area contributed by atoms with Gasteiger partial charge in [-0.1, -0.05) is 12.1 Å². The lowest BCUT2D eigenvalue weighted by molar-refractivity contribution is -0.121. The molecule has 4 N–H and O–H groups in total. The SMILES string of the molecule is Cc1nc(N)ncc1CNC(=O)Cn1c(C)ccc(NS(=O)(=O)C2COc3ccccc3O2)c1=O. The van der Waals surface area contributed by atoms with Gasteiger partial charge in [0.25, 0.3) is 21.0 Å². The molecule has 1 unspecified atom stereocenters. The van der Waals surface area contributed by atoms with Crippen LogP contribution in [-0.4, -0.2) is 40.9 Å². The molecule has 1 aliphatic rings. The molecule has 13 heteroatoms. The van der Waals surface area contributed by atoms with Crippen LogP contribution in [0.15, 0.2) is 47.4 Å². The molecule has 4 rings (SSSR count). The number of fused-ring (bicyclic) bond motifs is 1. The molecule has 2 aromatic heterocycles. The molecule has 0 fully saturated rings. The average molecular weight is 501 g/mol. The fourth-order valence-corrected chi connectivity index (χ4v) is 4.46. The third-order valence-corrected chi connectivity index (χ3v) is 6.78. The molecule has 0 bridgehead atoms. The van der Waals surface area contributed by atoms with E-state index in [0.29, 0.717) is 22.7 Å². The van der Waals surface area contributed by atoms with Crippen LogP contribution in [0.5, 0.6) is 11.5 Å². The van der Waals surface area contributed by atoms with Crippen molar-refractivity contribution in [3.05, 3.63) is 69.9 Å². The Morgan fingerprint density at radius 1 is 1.20 bits per heavy atom. The van der Waals surface area contributed by atoms with Gasteiger partial charge >= 0.3 is 0 Å². The Hall–Kier alpha value is -4.13. The van der Waals surface area contributed by atoms with Gasteiger partial charge in [0.05, 0.1) is 0 Å². The zero-order valence-electron chi connectivity index (χ0n) is 19.0. The largest absolute Gasteiger partial charge is 0.485 e. The number of aromatic nitrogens is 3. The Morgan fingerprint density at radius 3 is 2.69 bits per heavy atom. The summed E-state index contributed by atoms with van der Waals surface area (Å²) in [5.41, 5.74) is 5.06. The average Bonchev–Trinajstić information content (AvgIpc) is 2.82. The summed E-state index contributed by atoms with van der Waals surface area (Å²) in [6.07, 6.45) is 1.51. The number of ether oxygens (including phenoxy) is 2. The minimum Gasteiger partial charge on any atom is -0.485 e. The fraction of sp³-hybridized carbons (Fsp3) is 0.273. The number of benzene rings is 1. The number of hydrogen-bond donors (Lipinski definition) is 3. The number of carbonyl (C=O) groups excluding carboxylic acids is 1. The molecule has 12 nitrogen and oxygen atoms in total. The molecule has 3 heterocycles. The monoisotopic (exact) mass is 500 g/mol. The molecule has 0 radical (unpaired) electrons. The summed E-state index contributed by atoms with van der Waals surface area (Å²) in [5.74, 6) is 0.401. The second kappa shape index (κ2) is 9.62. The number of aryl methyl sites for hydroxylation is 2. The molecule has 1 aliphatic heterocycles. The molecule has 1 amide bonds. The van der Waals surface area contributed by atoms with E-state index in [1.54, 1.807) is 38.1 Å². The first-order chi connectivity index (χ1) is 16.6. The van der Waals surface area contributed by atoms with Crippen LogP contribution in [0.4, 0.5) is 11.6 Å². The molecule has 184 valence electrons. The van der Waals surface area contributed by atoms with Crippen molar-refractivity contribution in [2.75, 3.05) is 17.1 Å². The molecule has 0 aliphatic carbocycles. The zero-order valence-corrected chi connectivity index (χ0v) is 19.8. The Bertz CT molecular complexity index is 1440. The number of sulfonamides is 1. The van der Waals surface area contributed by atoms with Crippen LogP contribution in [0.2, 0.25) is 0 Å². The number of nitrogens with two attached hydrogens (primary N) is 1. The third kappa shape index (κ3) is 5.35. The number of para-hydroxylation sites is 2. The lowest BCUT2D eigenvalue weighted by Gasteiger charge is -2.26. The van der Waals surface area contributed by atoms with Crippen molar-refractivity contribution in [2.24, 2.45) is 0 Å². The van der Waals surface area contributed by atoms with E-state index in [-0.39, 0.29) is 37.1 Å². The van der Waals surface area contributed by atoms with Crippen LogP contribution in [0.3, 0.4) is 0 Å². The second-order valence-electron chi connectivity index (χ2n) is 7.85. The van der Waals surface area contributed by atoms with E-state index < -0.39 is 26.9 Å². The summed E-state index contributed by atoms with van der Waals surface area (Å²) in [6, 6.07) is 9.57. The summed E-state index contributed by atoms with van der Waals surface area (Å²) in [5, 5.41) is 2.70. The van der Waals surface area contributed by atoms with Gasteiger partial charge in [0.15, 0.2) is 11.5 Å². The molecule has 0 saturated carbocycles. The van der Waals surface area contributed by atoms with Crippen LogP contribution in [0.1, 0.15) is 17.0 Å². The Balaban J connectivity index is 1.46. The molecule has 0 saturated heterocycles. The lowest BCUT2D eigenvalue weighted by Crippen LogP contribution is -2.41. The highest BCUT2D eigenvalue weighted by molar-refractivity contribution is 7.93. The predicted molar refractivity (Wildman–Crippen MR) is 127 cm³/mol. The van der Waals surface area contributed by atoms with Gasteiger partial charge in [-0.3, -0.25) is 14.3 Å². The van der Waals surface area contributed by atoms with Gasteiger partial charge in [-0.05, 0) is 38.1 Å². The fourth-order valence-electron chi connectivity index (χ4n) is 3.39. The van der Waals surface area contributed by atoms with Crippen molar-refractivity contribution in [2.45, 2.75) is 32.4 Å². The molecule has 1 atom stereocenters. The van der Waals surface area contributed by atoms with E-state index >= 15 is 0 Å². The van der Waals surface area contributed by atoms with Gasteiger partial charge in [0.2, 0.25) is 11.9 Å². The maximum absolute atomic E-state index is 13.0. The number of anilines is 2. The van der Waals surface area contributed by atoms with Gasteiger partial charge in [-0.25, -0.2) is 18.4 Å². The van der Waals surface area contributed by atoms with E-state index in [9.17, 15) is 18.0 Å². The molecular weight excluding hydrogens is 476 g/mol. The highest BCUT2D eigenvalue weighted by atomic mass is 32.2. The second-order valence-corrected chi connectivity index (χ2v) is 9.67. The number of carbonyl (C=O) groups is 1. The highest BCUT2D eigenvalue weighted by Gasteiger charge is 2.33. The highest BCUT2D eigenvalue weighted by Crippen LogP contribution is 2.32. The summed E-state index contributed by atoms with van der Waals surface area (Å²) >= 11 is 0. The number of nitrogen functional groups attached to an aromatic ring is 1. The topological polar surface area (TPSA) is 168 Å². The normalized spacial score (nSPS) is 14.9. The van der Waals surface area contributed by atoms with E-state index in [1.807, 2.05) is 0 Å². The maximum atomic E-state index is 13.0. The van der Waals surface area contributed by atoms with Crippen LogP contribution < -0.4 is 30.8 Å². The number of rotatable bonds is 7. The molecule has 35 heavy (non-hydrogen) atoms. The van der Waals surface area contributed by atoms with E-state index in [0.717, 1.165) is 0 Å². The summed E-state index contributed by atoms with van der Waals surface area (Å²) < 4.78 is 40.2. The first-order valence-corrected chi connectivity index (χ1v) is 12.1. The van der Waals surface area contributed by atoms with Crippen LogP contribution >= 0.6 is 0 Å². The molecule has 0 spiro atoms. The van der Waals surface area contributed by atoms with Crippen LogP contribution in [0, 0.1) is 13.8 Å². The van der Waals surface area contributed by atoms with Gasteiger partial charge in [-0.2, -0.15) is 0 Å². The Labute approximate surface area is 201 Å². The van der Waals surface area contributed by atoms with Crippen LogP contribution in [-0.2, 0) is 27.9 Å². The summed E-state index contributed by atoms with van der Waals surface area (Å²) in [4.78, 5) is 33.5. The number of nitrogens with zero attached hydrogens (tertiary/aromatic N) is 3. The summed E-state index contributed by atoms with van der Waals surface area (Å²) in [7, 11) is -4.15. The predicted octanol–water partition coefficient (Wildman–Crippen LogP) is 0.693. The quantitative estimate of drug-likeness (QED) is 0.423. The minimum atomic E-state index is -4.15. The van der Waals surface area contributed by atoms with Gasteiger partial charge in [0.1, 0.15) is 18.8 Å². The molecule has 1 aromatic carbocycles. The smallest absolute Gasteiger partial charge is 0.275 e.